The molecular weight excluding hydrogens is 286 g/mol. The topological polar surface area (TPSA) is 69.4 Å². The van der Waals surface area contributed by atoms with Gasteiger partial charge in [0.15, 0.2) is 0 Å². The molecule has 0 bridgehead atoms. The van der Waals surface area contributed by atoms with E-state index >= 15 is 0 Å². The van der Waals surface area contributed by atoms with Crippen LogP contribution in [-0.4, -0.2) is 20.8 Å². The Bertz CT molecular complexity index is 553. The summed E-state index contributed by atoms with van der Waals surface area (Å²) >= 11 is 0. The Hall–Kier alpha value is -1.07. The van der Waals surface area contributed by atoms with Gasteiger partial charge in [-0.3, -0.25) is 0 Å². The third-order valence-electron chi connectivity index (χ3n) is 3.52. The number of sulfonamides is 1. The van der Waals surface area contributed by atoms with Gasteiger partial charge in [0.05, 0.1) is 12.4 Å². The highest BCUT2D eigenvalue weighted by Crippen LogP contribution is 2.25. The number of nitrogens with two attached hydrogens (primary N) is 1. The molecule has 1 aromatic rings. The lowest BCUT2D eigenvalue weighted by Gasteiger charge is -2.18. The third kappa shape index (κ3) is 6.48. The summed E-state index contributed by atoms with van der Waals surface area (Å²) in [4.78, 5) is 0. The van der Waals surface area contributed by atoms with Crippen LogP contribution in [0.4, 0.5) is 0 Å². The summed E-state index contributed by atoms with van der Waals surface area (Å²) in [7, 11) is -3.46. The molecule has 0 aliphatic heterocycles. The number of hydrogen-bond acceptors (Lipinski definition) is 3. The van der Waals surface area contributed by atoms with Crippen LogP contribution in [0.2, 0.25) is 0 Å². The highest BCUT2D eigenvalue weighted by Gasteiger charge is 2.16. The predicted octanol–water partition coefficient (Wildman–Crippen LogP) is 3.20. The van der Waals surface area contributed by atoms with Gasteiger partial charge in [0, 0.05) is 5.92 Å². The number of ether oxygens (including phenoxy) is 1. The molecule has 1 unspecified atom stereocenters. The maximum absolute atomic E-state index is 11.3. The number of rotatable bonds is 8. The lowest BCUT2D eigenvalue weighted by Crippen LogP contribution is -2.27. The van der Waals surface area contributed by atoms with Gasteiger partial charge in [0.2, 0.25) is 10.0 Å². The van der Waals surface area contributed by atoms with Gasteiger partial charge in [-0.1, -0.05) is 39.3 Å². The molecule has 0 aromatic heterocycles. The molecule has 0 amide bonds. The van der Waals surface area contributed by atoms with E-state index in [1.54, 1.807) is 0 Å². The monoisotopic (exact) mass is 313 g/mol. The summed E-state index contributed by atoms with van der Waals surface area (Å²) in [6, 6.07) is 6.18. The van der Waals surface area contributed by atoms with E-state index in [0.717, 1.165) is 24.2 Å². The second-order valence-corrected chi connectivity index (χ2v) is 7.63. The fourth-order valence-electron chi connectivity index (χ4n) is 2.29. The molecular formula is C16H27NO3S. The Morgan fingerprint density at radius 2 is 1.95 bits per heavy atom. The van der Waals surface area contributed by atoms with Crippen molar-refractivity contribution in [3.8, 4) is 5.75 Å². The predicted molar refractivity (Wildman–Crippen MR) is 87.1 cm³/mol. The summed E-state index contributed by atoms with van der Waals surface area (Å²) in [6.45, 7) is 8.67. The Labute approximate surface area is 128 Å². The molecule has 0 heterocycles. The van der Waals surface area contributed by atoms with Crippen LogP contribution in [0, 0.1) is 12.8 Å². The number of benzene rings is 1. The lowest BCUT2D eigenvalue weighted by molar-refractivity contribution is 0.251. The van der Waals surface area contributed by atoms with Crippen LogP contribution in [0.3, 0.4) is 0 Å². The van der Waals surface area contributed by atoms with Crippen LogP contribution >= 0.6 is 0 Å². The Morgan fingerprint density at radius 3 is 2.48 bits per heavy atom. The maximum Gasteiger partial charge on any atom is 0.209 e. The van der Waals surface area contributed by atoms with Crippen molar-refractivity contribution in [1.82, 2.24) is 0 Å². The first-order valence-electron chi connectivity index (χ1n) is 7.46. The van der Waals surface area contributed by atoms with Crippen molar-refractivity contribution in [3.05, 3.63) is 29.3 Å². The first-order chi connectivity index (χ1) is 9.73. The van der Waals surface area contributed by atoms with E-state index < -0.39 is 10.0 Å². The summed E-state index contributed by atoms with van der Waals surface area (Å²) in [5, 5.41) is 5.15. The van der Waals surface area contributed by atoms with Crippen molar-refractivity contribution in [3.63, 3.8) is 0 Å². The van der Waals surface area contributed by atoms with Crippen LogP contribution < -0.4 is 9.88 Å². The Morgan fingerprint density at radius 1 is 1.29 bits per heavy atom. The molecule has 1 atom stereocenters. The van der Waals surface area contributed by atoms with Crippen LogP contribution in [0.1, 0.15) is 50.7 Å². The van der Waals surface area contributed by atoms with Crippen molar-refractivity contribution < 1.29 is 13.2 Å². The summed E-state index contributed by atoms with van der Waals surface area (Å²) < 4.78 is 28.4. The quantitative estimate of drug-likeness (QED) is 0.801. The standard InChI is InChI=1S/C16H27NO3S/c1-5-6-14(11-21(17,18)19)10-20-16-9-15(12(2)3)8-7-13(16)4/h7-9,12,14H,5-6,10-11H2,1-4H3,(H2,17,18,19). The Balaban J connectivity index is 2.77. The average Bonchev–Trinajstić information content (AvgIpc) is 2.35. The van der Waals surface area contributed by atoms with Gasteiger partial charge in [-0.05, 0) is 36.5 Å². The fourth-order valence-corrected chi connectivity index (χ4v) is 3.21. The van der Waals surface area contributed by atoms with Crippen LogP contribution in [0.15, 0.2) is 18.2 Å². The van der Waals surface area contributed by atoms with Crippen molar-refractivity contribution in [2.75, 3.05) is 12.4 Å². The van der Waals surface area contributed by atoms with Gasteiger partial charge in [-0.2, -0.15) is 0 Å². The molecule has 0 saturated carbocycles. The summed E-state index contributed by atoms with van der Waals surface area (Å²) in [5.74, 6) is 1.18. The second-order valence-electron chi connectivity index (χ2n) is 5.97. The van der Waals surface area contributed by atoms with Crippen molar-refractivity contribution in [2.24, 2.45) is 11.1 Å². The molecule has 0 aliphatic rings. The van der Waals surface area contributed by atoms with Gasteiger partial charge in [-0.15, -0.1) is 0 Å². The van der Waals surface area contributed by atoms with Crippen LogP contribution in [0.5, 0.6) is 5.75 Å². The second kappa shape index (κ2) is 7.80. The lowest BCUT2D eigenvalue weighted by atomic mass is 10.0. The molecule has 1 aromatic carbocycles. The molecule has 5 heteroatoms. The maximum atomic E-state index is 11.3. The van der Waals surface area contributed by atoms with E-state index in [1.807, 2.05) is 26.0 Å². The van der Waals surface area contributed by atoms with E-state index in [9.17, 15) is 8.42 Å². The van der Waals surface area contributed by atoms with E-state index in [2.05, 4.69) is 19.9 Å². The summed E-state index contributed by atoms with van der Waals surface area (Å²) in [5.41, 5.74) is 2.28. The highest BCUT2D eigenvalue weighted by molar-refractivity contribution is 7.89. The van der Waals surface area contributed by atoms with Crippen molar-refractivity contribution in [1.29, 1.82) is 0 Å². The molecule has 2 N–H and O–H groups in total. The molecule has 0 fully saturated rings. The van der Waals surface area contributed by atoms with Crippen molar-refractivity contribution >= 4 is 10.0 Å². The number of primary sulfonamides is 1. The van der Waals surface area contributed by atoms with Crippen LogP contribution in [0.25, 0.3) is 0 Å². The van der Waals surface area contributed by atoms with E-state index in [4.69, 9.17) is 9.88 Å². The fraction of sp³-hybridized carbons (Fsp3) is 0.625. The average molecular weight is 313 g/mol. The van der Waals surface area contributed by atoms with Crippen LogP contribution in [-0.2, 0) is 10.0 Å². The molecule has 0 aliphatic carbocycles. The molecule has 1 rings (SSSR count). The minimum atomic E-state index is -3.46. The van der Waals surface area contributed by atoms with Gasteiger partial charge >= 0.3 is 0 Å². The molecule has 120 valence electrons. The largest absolute Gasteiger partial charge is 0.493 e. The smallest absolute Gasteiger partial charge is 0.209 e. The highest BCUT2D eigenvalue weighted by atomic mass is 32.2. The molecule has 0 radical (unpaired) electrons. The van der Waals surface area contributed by atoms with Gasteiger partial charge in [0.25, 0.3) is 0 Å². The Kier molecular flexibility index (Phi) is 6.68. The number of aryl methyl sites for hydroxylation is 1. The first-order valence-corrected chi connectivity index (χ1v) is 9.18. The minimum absolute atomic E-state index is 0.0240. The van der Waals surface area contributed by atoms with Gasteiger partial charge in [-0.25, -0.2) is 13.6 Å². The van der Waals surface area contributed by atoms with Crippen molar-refractivity contribution in [2.45, 2.75) is 46.5 Å². The normalized spacial score (nSPS) is 13.4. The van der Waals surface area contributed by atoms with Gasteiger partial charge in [0.1, 0.15) is 5.75 Å². The molecule has 0 spiro atoms. The molecule has 0 saturated heterocycles. The minimum Gasteiger partial charge on any atom is -0.493 e. The van der Waals surface area contributed by atoms with Gasteiger partial charge < -0.3 is 4.74 Å². The summed E-state index contributed by atoms with van der Waals surface area (Å²) in [6.07, 6.45) is 1.70. The third-order valence-corrected chi connectivity index (χ3v) is 4.45. The zero-order valence-electron chi connectivity index (χ0n) is 13.4. The van der Waals surface area contributed by atoms with E-state index in [0.29, 0.717) is 12.5 Å². The molecule has 4 nitrogen and oxygen atoms in total. The van der Waals surface area contributed by atoms with E-state index in [1.165, 1.54) is 5.56 Å². The zero-order chi connectivity index (χ0) is 16.0. The SMILES string of the molecule is CCCC(COc1cc(C(C)C)ccc1C)CS(N)(=O)=O. The number of hydrogen-bond donors (Lipinski definition) is 1. The van der Waals surface area contributed by atoms with E-state index in [-0.39, 0.29) is 11.7 Å². The first kappa shape index (κ1) is 18.0. The zero-order valence-corrected chi connectivity index (χ0v) is 14.2. The molecule has 21 heavy (non-hydrogen) atoms.